The zero-order chi connectivity index (χ0) is 18.7. The average Bonchev–Trinajstić information content (AvgIpc) is 2.61. The molecule has 1 N–H and O–H groups in total. The maximum Gasteiger partial charge on any atom is 0.261 e. The Hall–Kier alpha value is -2.38. The molecule has 0 bridgehead atoms. The van der Waals surface area contributed by atoms with Crippen molar-refractivity contribution in [1.29, 1.82) is 0 Å². The molecule has 1 aliphatic rings. The lowest BCUT2D eigenvalue weighted by molar-refractivity contribution is -0.0586. The Morgan fingerprint density at radius 3 is 2.35 bits per heavy atom. The summed E-state index contributed by atoms with van der Waals surface area (Å²) in [6.45, 7) is 4.90. The molecule has 6 nitrogen and oxygen atoms in total. The summed E-state index contributed by atoms with van der Waals surface area (Å²) in [6.07, 6.45) is -0.0510. The molecule has 2 unspecified atom stereocenters. The van der Waals surface area contributed by atoms with E-state index in [2.05, 4.69) is 4.72 Å². The summed E-state index contributed by atoms with van der Waals surface area (Å²) in [5.74, 6) is -0.132. The first-order valence-electron chi connectivity index (χ1n) is 8.48. The zero-order valence-corrected chi connectivity index (χ0v) is 15.6. The van der Waals surface area contributed by atoms with Gasteiger partial charge in [0.2, 0.25) is 0 Å². The third-order valence-electron chi connectivity index (χ3n) is 4.12. The van der Waals surface area contributed by atoms with Crippen molar-refractivity contribution >= 4 is 21.6 Å². The van der Waals surface area contributed by atoms with Gasteiger partial charge in [0, 0.05) is 24.3 Å². The maximum absolute atomic E-state index is 12.8. The van der Waals surface area contributed by atoms with Gasteiger partial charge in [-0.25, -0.2) is 8.42 Å². The molecule has 0 saturated carbocycles. The number of morpholine rings is 1. The molecular formula is C19H22N2O4S. The van der Waals surface area contributed by atoms with E-state index in [-0.39, 0.29) is 23.0 Å². The SMILES string of the molecule is CC1CN(C(=O)c2cccc(NS(=O)(=O)c3ccccc3)c2)CC(C)O1. The number of sulfonamides is 1. The van der Waals surface area contributed by atoms with Crippen LogP contribution < -0.4 is 4.72 Å². The zero-order valence-electron chi connectivity index (χ0n) is 14.8. The van der Waals surface area contributed by atoms with Gasteiger partial charge in [0.15, 0.2) is 0 Å². The second kappa shape index (κ2) is 7.47. The van der Waals surface area contributed by atoms with E-state index in [1.807, 2.05) is 13.8 Å². The Labute approximate surface area is 153 Å². The number of hydrogen-bond donors (Lipinski definition) is 1. The lowest BCUT2D eigenvalue weighted by atomic mass is 10.1. The molecule has 138 valence electrons. The molecule has 1 heterocycles. The summed E-state index contributed by atoms with van der Waals surface area (Å²) in [7, 11) is -3.69. The van der Waals surface area contributed by atoms with Gasteiger partial charge >= 0.3 is 0 Å². The number of anilines is 1. The van der Waals surface area contributed by atoms with Gasteiger partial charge in [-0.3, -0.25) is 9.52 Å². The number of ether oxygens (including phenoxy) is 1. The van der Waals surface area contributed by atoms with Crippen LogP contribution in [0.5, 0.6) is 0 Å². The lowest BCUT2D eigenvalue weighted by Gasteiger charge is -2.35. The molecule has 1 amide bonds. The molecule has 1 aliphatic heterocycles. The molecule has 2 aromatic carbocycles. The minimum atomic E-state index is -3.69. The van der Waals surface area contributed by atoms with Crippen molar-refractivity contribution in [3.8, 4) is 0 Å². The summed E-state index contributed by atoms with van der Waals surface area (Å²) in [5, 5.41) is 0. The molecule has 2 aromatic rings. The van der Waals surface area contributed by atoms with Crippen LogP contribution in [-0.2, 0) is 14.8 Å². The van der Waals surface area contributed by atoms with Crippen molar-refractivity contribution < 1.29 is 17.9 Å². The highest BCUT2D eigenvalue weighted by Crippen LogP contribution is 2.19. The highest BCUT2D eigenvalue weighted by atomic mass is 32.2. The second-order valence-electron chi connectivity index (χ2n) is 6.47. The Bertz CT molecular complexity index is 873. The molecule has 0 aromatic heterocycles. The highest BCUT2D eigenvalue weighted by molar-refractivity contribution is 7.92. The van der Waals surface area contributed by atoms with Crippen molar-refractivity contribution in [2.75, 3.05) is 17.8 Å². The van der Waals surface area contributed by atoms with Gasteiger partial charge < -0.3 is 9.64 Å². The van der Waals surface area contributed by atoms with Crippen molar-refractivity contribution in [3.05, 3.63) is 60.2 Å². The van der Waals surface area contributed by atoms with E-state index in [0.29, 0.717) is 24.3 Å². The minimum absolute atomic E-state index is 0.0255. The highest BCUT2D eigenvalue weighted by Gasteiger charge is 2.26. The number of rotatable bonds is 4. The lowest BCUT2D eigenvalue weighted by Crippen LogP contribution is -2.48. The van der Waals surface area contributed by atoms with E-state index in [1.165, 1.54) is 12.1 Å². The Balaban J connectivity index is 1.79. The van der Waals surface area contributed by atoms with Crippen molar-refractivity contribution in [2.24, 2.45) is 0 Å². The summed E-state index contributed by atoms with van der Waals surface area (Å²) < 4.78 is 33.1. The smallest absolute Gasteiger partial charge is 0.261 e. The number of benzene rings is 2. The van der Waals surface area contributed by atoms with Crippen LogP contribution in [0.1, 0.15) is 24.2 Å². The predicted molar refractivity (Wildman–Crippen MR) is 99.6 cm³/mol. The minimum Gasteiger partial charge on any atom is -0.372 e. The second-order valence-corrected chi connectivity index (χ2v) is 8.15. The van der Waals surface area contributed by atoms with Gasteiger partial charge in [-0.15, -0.1) is 0 Å². The first-order valence-corrected chi connectivity index (χ1v) is 9.96. The maximum atomic E-state index is 12.8. The molecular weight excluding hydrogens is 352 g/mol. The van der Waals surface area contributed by atoms with Crippen LogP contribution >= 0.6 is 0 Å². The number of carbonyl (C=O) groups excluding carboxylic acids is 1. The Kier molecular flexibility index (Phi) is 5.29. The Morgan fingerprint density at radius 1 is 1.04 bits per heavy atom. The van der Waals surface area contributed by atoms with Crippen LogP contribution in [-0.4, -0.2) is 44.5 Å². The van der Waals surface area contributed by atoms with Crippen LogP contribution in [0, 0.1) is 0 Å². The van der Waals surface area contributed by atoms with Crippen LogP contribution in [0.2, 0.25) is 0 Å². The number of amides is 1. The van der Waals surface area contributed by atoms with Gasteiger partial charge in [0.1, 0.15) is 0 Å². The van der Waals surface area contributed by atoms with Crippen molar-refractivity contribution in [3.63, 3.8) is 0 Å². The first kappa shape index (κ1) is 18.4. The normalized spacial score (nSPS) is 20.6. The summed E-state index contributed by atoms with van der Waals surface area (Å²) >= 11 is 0. The van der Waals surface area contributed by atoms with Gasteiger partial charge in [0.25, 0.3) is 15.9 Å². The molecule has 26 heavy (non-hydrogen) atoms. The third kappa shape index (κ3) is 4.23. The van der Waals surface area contributed by atoms with Crippen LogP contribution in [0.3, 0.4) is 0 Å². The van der Waals surface area contributed by atoms with Crippen LogP contribution in [0.4, 0.5) is 5.69 Å². The molecule has 1 saturated heterocycles. The van der Waals surface area contributed by atoms with E-state index >= 15 is 0 Å². The number of carbonyl (C=O) groups is 1. The van der Waals surface area contributed by atoms with Crippen molar-refractivity contribution in [1.82, 2.24) is 4.90 Å². The molecule has 7 heteroatoms. The van der Waals surface area contributed by atoms with Crippen LogP contribution in [0.15, 0.2) is 59.5 Å². The first-order chi connectivity index (χ1) is 12.3. The fourth-order valence-corrected chi connectivity index (χ4v) is 4.13. The Morgan fingerprint density at radius 2 is 1.69 bits per heavy atom. The van der Waals surface area contributed by atoms with E-state index in [9.17, 15) is 13.2 Å². The van der Waals surface area contributed by atoms with E-state index in [4.69, 9.17) is 4.74 Å². The summed E-state index contributed by atoms with van der Waals surface area (Å²) in [5.41, 5.74) is 0.800. The number of nitrogens with one attached hydrogen (secondary N) is 1. The van der Waals surface area contributed by atoms with Gasteiger partial charge in [0.05, 0.1) is 17.1 Å². The van der Waals surface area contributed by atoms with E-state index < -0.39 is 10.0 Å². The topological polar surface area (TPSA) is 75.7 Å². The summed E-state index contributed by atoms with van der Waals surface area (Å²) in [6, 6.07) is 14.7. The molecule has 1 fully saturated rings. The predicted octanol–water partition coefficient (Wildman–Crippen LogP) is 2.74. The van der Waals surface area contributed by atoms with Gasteiger partial charge in [-0.2, -0.15) is 0 Å². The molecule has 0 radical (unpaired) electrons. The van der Waals surface area contributed by atoms with Crippen molar-refractivity contribution in [2.45, 2.75) is 31.0 Å². The third-order valence-corrected chi connectivity index (χ3v) is 5.52. The standard InChI is InChI=1S/C19H22N2O4S/c1-14-12-21(13-15(2)25-14)19(22)16-7-6-8-17(11-16)20-26(23,24)18-9-4-3-5-10-18/h3-11,14-15,20H,12-13H2,1-2H3. The fraction of sp³-hybridized carbons (Fsp3) is 0.316. The molecule has 0 spiro atoms. The van der Waals surface area contributed by atoms with Gasteiger partial charge in [-0.05, 0) is 44.2 Å². The van der Waals surface area contributed by atoms with Gasteiger partial charge in [-0.1, -0.05) is 24.3 Å². The fourth-order valence-electron chi connectivity index (χ4n) is 3.06. The average molecular weight is 374 g/mol. The molecule has 3 rings (SSSR count). The van der Waals surface area contributed by atoms with E-state index in [0.717, 1.165) is 0 Å². The number of nitrogens with zero attached hydrogens (tertiary/aromatic N) is 1. The van der Waals surface area contributed by atoms with Crippen LogP contribution in [0.25, 0.3) is 0 Å². The largest absolute Gasteiger partial charge is 0.372 e. The van der Waals surface area contributed by atoms with E-state index in [1.54, 1.807) is 47.4 Å². The monoisotopic (exact) mass is 374 g/mol. The molecule has 0 aliphatic carbocycles. The quantitative estimate of drug-likeness (QED) is 0.893. The summed E-state index contributed by atoms with van der Waals surface area (Å²) in [4.78, 5) is 14.7. The molecule has 2 atom stereocenters. The number of hydrogen-bond acceptors (Lipinski definition) is 4.